The molecule has 2 aromatic rings. The number of carbonyl (C=O) groups excluding carboxylic acids is 1. The van der Waals surface area contributed by atoms with E-state index in [1.165, 1.54) is 12.0 Å². The molecule has 2 aromatic carbocycles. The first kappa shape index (κ1) is 17.3. The number of amides is 1. The van der Waals surface area contributed by atoms with Gasteiger partial charge in [0, 0.05) is 23.8 Å². The van der Waals surface area contributed by atoms with Crippen LogP contribution in [0.15, 0.2) is 48.5 Å². The smallest absolute Gasteiger partial charge is 0.232 e. The van der Waals surface area contributed by atoms with E-state index < -0.39 is 5.54 Å². The van der Waals surface area contributed by atoms with Gasteiger partial charge in [0.1, 0.15) is 0 Å². The highest BCUT2D eigenvalue weighted by atomic mass is 16.2. The fraction of sp³-hybridized carbons (Fsp3) is 0.391. The monoisotopic (exact) mass is 374 g/mol. The molecule has 0 radical (unpaired) electrons. The number of hydrogen-bond donors (Lipinski definition) is 3. The van der Waals surface area contributed by atoms with Gasteiger partial charge in [-0.3, -0.25) is 15.1 Å². The van der Waals surface area contributed by atoms with Crippen LogP contribution in [0.2, 0.25) is 0 Å². The predicted octanol–water partition coefficient (Wildman–Crippen LogP) is 4.27. The zero-order chi connectivity index (χ0) is 19.1. The third-order valence-electron chi connectivity index (χ3n) is 6.48. The Morgan fingerprint density at radius 2 is 1.79 bits per heavy atom. The maximum Gasteiger partial charge on any atom is 0.232 e. The number of guanidine groups is 1. The van der Waals surface area contributed by atoms with Crippen LogP contribution in [0.5, 0.6) is 0 Å². The maximum atomic E-state index is 13.0. The molecule has 1 heterocycles. The molecule has 144 valence electrons. The molecule has 1 amide bonds. The van der Waals surface area contributed by atoms with E-state index in [9.17, 15) is 4.79 Å². The summed E-state index contributed by atoms with van der Waals surface area (Å²) in [5.74, 6) is 0.387. The lowest BCUT2D eigenvalue weighted by molar-refractivity contribution is -0.133. The third-order valence-corrected chi connectivity index (χ3v) is 6.48. The summed E-state index contributed by atoms with van der Waals surface area (Å²) in [6.45, 7) is 0. The second-order valence-corrected chi connectivity index (χ2v) is 8.29. The molecule has 3 aliphatic rings. The van der Waals surface area contributed by atoms with Gasteiger partial charge in [-0.15, -0.1) is 0 Å². The molecule has 5 nitrogen and oxygen atoms in total. The molecule has 2 fully saturated rings. The van der Waals surface area contributed by atoms with Gasteiger partial charge in [-0.2, -0.15) is 0 Å². The molecule has 1 aliphatic heterocycles. The second-order valence-electron chi connectivity index (χ2n) is 8.29. The molecule has 0 aromatic heterocycles. The van der Waals surface area contributed by atoms with Crippen molar-refractivity contribution in [2.75, 3.05) is 5.32 Å². The van der Waals surface area contributed by atoms with Crippen LogP contribution < -0.4 is 10.6 Å². The molecule has 1 atom stereocenters. The third kappa shape index (κ3) is 2.77. The van der Waals surface area contributed by atoms with Crippen molar-refractivity contribution in [3.8, 4) is 0 Å². The van der Waals surface area contributed by atoms with Crippen molar-refractivity contribution >= 4 is 23.2 Å². The lowest BCUT2D eigenvalue weighted by Crippen LogP contribution is -2.66. The summed E-state index contributed by atoms with van der Waals surface area (Å²) >= 11 is 0. The Hall–Kier alpha value is -2.82. The summed E-state index contributed by atoms with van der Waals surface area (Å²) in [5, 5.41) is 15.5. The number of carbonyl (C=O) groups is 1. The molecule has 2 aliphatic carbocycles. The van der Waals surface area contributed by atoms with Gasteiger partial charge in [0.05, 0.1) is 12.0 Å². The molecule has 28 heavy (non-hydrogen) atoms. The lowest BCUT2D eigenvalue weighted by atomic mass is 9.67. The zero-order valence-electron chi connectivity index (χ0n) is 16.0. The number of nitrogens with one attached hydrogen (secondary N) is 3. The molecule has 1 spiro atoms. The number of hydrogen-bond acceptors (Lipinski definition) is 3. The van der Waals surface area contributed by atoms with Crippen LogP contribution >= 0.6 is 0 Å². The van der Waals surface area contributed by atoms with Crippen molar-refractivity contribution in [2.45, 2.75) is 56.5 Å². The van der Waals surface area contributed by atoms with Gasteiger partial charge < -0.3 is 10.6 Å². The van der Waals surface area contributed by atoms with E-state index >= 15 is 0 Å². The van der Waals surface area contributed by atoms with Crippen molar-refractivity contribution in [1.82, 2.24) is 10.2 Å². The van der Waals surface area contributed by atoms with E-state index in [1.54, 1.807) is 4.90 Å². The fourth-order valence-electron chi connectivity index (χ4n) is 5.10. The van der Waals surface area contributed by atoms with Crippen LogP contribution in [0.3, 0.4) is 0 Å². The van der Waals surface area contributed by atoms with E-state index in [0.29, 0.717) is 6.42 Å². The van der Waals surface area contributed by atoms with Crippen molar-refractivity contribution in [3.63, 3.8) is 0 Å². The lowest BCUT2D eigenvalue weighted by Gasteiger charge is -2.51. The Balaban J connectivity index is 1.38. The summed E-state index contributed by atoms with van der Waals surface area (Å²) < 4.78 is 0. The van der Waals surface area contributed by atoms with Crippen molar-refractivity contribution in [3.05, 3.63) is 59.7 Å². The highest BCUT2D eigenvalue weighted by Crippen LogP contribution is 2.47. The Morgan fingerprint density at radius 1 is 1.00 bits per heavy atom. The first-order chi connectivity index (χ1) is 13.7. The first-order valence-electron chi connectivity index (χ1n) is 10.3. The Morgan fingerprint density at radius 3 is 2.54 bits per heavy atom. The standard InChI is InChI=1S/C23H26N4O/c24-22-26-23(15-21(28)27(22)17-10-5-2-6-11-17)14-18-19(23)12-7-13-20(18)25-16-8-3-1-4-9-16/h1,3-4,7-9,12-13,17,25H,2,5-6,10-11,14-15H2,(H2,24,26)/t23-/m0/s1. The van der Waals surface area contributed by atoms with Gasteiger partial charge in [-0.1, -0.05) is 49.6 Å². The largest absolute Gasteiger partial charge is 0.355 e. The molecule has 3 N–H and O–H groups in total. The molecule has 5 heteroatoms. The van der Waals surface area contributed by atoms with E-state index in [0.717, 1.165) is 49.0 Å². The predicted molar refractivity (Wildman–Crippen MR) is 111 cm³/mol. The average Bonchev–Trinajstić information content (AvgIpc) is 2.70. The summed E-state index contributed by atoms with van der Waals surface area (Å²) in [4.78, 5) is 14.8. The van der Waals surface area contributed by atoms with Crippen LogP contribution in [0.4, 0.5) is 11.4 Å². The van der Waals surface area contributed by atoms with Crippen LogP contribution in [0.25, 0.3) is 0 Å². The van der Waals surface area contributed by atoms with Gasteiger partial charge in [-0.25, -0.2) is 0 Å². The summed E-state index contributed by atoms with van der Waals surface area (Å²) in [5.41, 5.74) is 4.12. The molecule has 5 rings (SSSR count). The van der Waals surface area contributed by atoms with E-state index in [1.807, 2.05) is 36.4 Å². The Kier molecular flexibility index (Phi) is 4.11. The SMILES string of the molecule is N=C1N[C@]2(CC(=O)N1C1CCCCC1)Cc1c(Nc3ccccc3)cccc12. The van der Waals surface area contributed by atoms with Crippen molar-refractivity contribution in [1.29, 1.82) is 5.41 Å². The van der Waals surface area contributed by atoms with Crippen molar-refractivity contribution < 1.29 is 4.79 Å². The van der Waals surface area contributed by atoms with Gasteiger partial charge >= 0.3 is 0 Å². The number of para-hydroxylation sites is 1. The van der Waals surface area contributed by atoms with Crippen molar-refractivity contribution in [2.24, 2.45) is 0 Å². The molecular formula is C23H26N4O. The van der Waals surface area contributed by atoms with Gasteiger partial charge in [-0.05, 0) is 42.2 Å². The molecule has 1 saturated carbocycles. The summed E-state index contributed by atoms with van der Waals surface area (Å²) in [6, 6.07) is 16.6. The van der Waals surface area contributed by atoms with Crippen LogP contribution in [0.1, 0.15) is 49.7 Å². The molecule has 1 saturated heterocycles. The highest BCUT2D eigenvalue weighted by Gasteiger charge is 2.51. The zero-order valence-corrected chi connectivity index (χ0v) is 16.0. The highest BCUT2D eigenvalue weighted by molar-refractivity contribution is 6.00. The Bertz CT molecular complexity index is 899. The fourth-order valence-corrected chi connectivity index (χ4v) is 5.10. The maximum absolute atomic E-state index is 13.0. The molecule has 0 bridgehead atoms. The number of fused-ring (bicyclic) bond motifs is 2. The van der Waals surface area contributed by atoms with E-state index in [4.69, 9.17) is 5.41 Å². The quantitative estimate of drug-likeness (QED) is 0.751. The number of nitrogens with zero attached hydrogens (tertiary/aromatic N) is 1. The minimum Gasteiger partial charge on any atom is -0.355 e. The topological polar surface area (TPSA) is 68.2 Å². The molecule has 0 unspecified atom stereocenters. The summed E-state index contributed by atoms with van der Waals surface area (Å²) in [7, 11) is 0. The van der Waals surface area contributed by atoms with Crippen LogP contribution in [0, 0.1) is 5.41 Å². The van der Waals surface area contributed by atoms with E-state index in [2.05, 4.69) is 22.8 Å². The average molecular weight is 374 g/mol. The molecular weight excluding hydrogens is 348 g/mol. The summed E-state index contributed by atoms with van der Waals surface area (Å²) in [6.07, 6.45) is 6.80. The number of rotatable bonds is 3. The number of anilines is 2. The minimum atomic E-state index is -0.414. The van der Waals surface area contributed by atoms with Gasteiger partial charge in [0.25, 0.3) is 0 Å². The number of benzene rings is 2. The normalized spacial score (nSPS) is 24.5. The van der Waals surface area contributed by atoms with Crippen LogP contribution in [-0.4, -0.2) is 22.8 Å². The minimum absolute atomic E-state index is 0.0997. The van der Waals surface area contributed by atoms with Crippen LogP contribution in [-0.2, 0) is 16.8 Å². The first-order valence-corrected chi connectivity index (χ1v) is 10.3. The van der Waals surface area contributed by atoms with Gasteiger partial charge in [0.2, 0.25) is 5.91 Å². The Labute approximate surface area is 165 Å². The van der Waals surface area contributed by atoms with Gasteiger partial charge in [0.15, 0.2) is 5.96 Å². The van der Waals surface area contributed by atoms with E-state index in [-0.39, 0.29) is 17.9 Å². The second kappa shape index (κ2) is 6.66.